The molecule has 31 heavy (non-hydrogen) atoms. The second-order valence-corrected chi connectivity index (χ2v) is 7.60. The molecule has 2 aromatic heterocycles. The summed E-state index contributed by atoms with van der Waals surface area (Å²) < 4.78 is 9.06. The van der Waals surface area contributed by atoms with Crippen molar-refractivity contribution >= 4 is 22.5 Å². The number of carbonyl (C=O) groups excluding carboxylic acids is 1. The number of carbonyl (C=O) groups is 1. The third-order valence-corrected chi connectivity index (χ3v) is 5.50. The van der Waals surface area contributed by atoms with Gasteiger partial charge in [-0.15, -0.1) is 0 Å². The first-order valence-corrected chi connectivity index (χ1v) is 10.4. The number of ether oxygens (including phenoxy) is 1. The van der Waals surface area contributed by atoms with E-state index in [0.717, 1.165) is 46.7 Å². The average Bonchev–Trinajstić information content (AvgIpc) is 3.32. The van der Waals surface area contributed by atoms with E-state index in [1.807, 2.05) is 59.6 Å². The molecule has 1 N–H and O–H groups in total. The van der Waals surface area contributed by atoms with Crippen molar-refractivity contribution in [2.24, 2.45) is 0 Å². The Morgan fingerprint density at radius 2 is 1.87 bits per heavy atom. The van der Waals surface area contributed by atoms with E-state index in [1.165, 1.54) is 5.56 Å². The Bertz CT molecular complexity index is 1190. The molecule has 0 unspecified atom stereocenters. The minimum atomic E-state index is -0.0500. The molecule has 0 atom stereocenters. The molecule has 7 heteroatoms. The molecule has 160 valence electrons. The van der Waals surface area contributed by atoms with Crippen LogP contribution in [0.5, 0.6) is 5.75 Å². The third kappa shape index (κ3) is 4.60. The lowest BCUT2D eigenvalue weighted by atomic mass is 10.1. The number of anilines is 1. The van der Waals surface area contributed by atoms with Gasteiger partial charge < -0.3 is 10.1 Å². The van der Waals surface area contributed by atoms with Crippen molar-refractivity contribution in [1.29, 1.82) is 0 Å². The van der Waals surface area contributed by atoms with E-state index < -0.39 is 0 Å². The number of aromatic nitrogens is 4. The maximum absolute atomic E-state index is 12.6. The fourth-order valence-electron chi connectivity index (χ4n) is 3.75. The van der Waals surface area contributed by atoms with Crippen LogP contribution < -0.4 is 10.1 Å². The molecule has 0 aliphatic heterocycles. The highest BCUT2D eigenvalue weighted by Gasteiger charge is 2.15. The molecule has 2 aromatic carbocycles. The van der Waals surface area contributed by atoms with Crippen LogP contribution in [0, 0.1) is 13.8 Å². The molecule has 0 aliphatic carbocycles. The summed E-state index contributed by atoms with van der Waals surface area (Å²) in [7, 11) is 1.64. The molecule has 4 rings (SSSR count). The molecular weight excluding hydrogens is 390 g/mol. The zero-order chi connectivity index (χ0) is 21.8. The van der Waals surface area contributed by atoms with Crippen LogP contribution in [0.2, 0.25) is 0 Å². The number of amides is 1. The summed E-state index contributed by atoms with van der Waals surface area (Å²) >= 11 is 0. The third-order valence-electron chi connectivity index (χ3n) is 5.50. The Morgan fingerprint density at radius 1 is 1.06 bits per heavy atom. The molecular formula is C24H27N5O2. The maximum atomic E-state index is 12.6. The van der Waals surface area contributed by atoms with E-state index in [4.69, 9.17) is 4.74 Å². The number of nitrogens with zero attached hydrogens (tertiary/aromatic N) is 4. The normalized spacial score (nSPS) is 11.1. The summed E-state index contributed by atoms with van der Waals surface area (Å²) in [5.41, 5.74) is 4.85. The monoisotopic (exact) mass is 417 g/mol. The van der Waals surface area contributed by atoms with Crippen molar-refractivity contribution in [2.75, 3.05) is 12.4 Å². The first-order valence-electron chi connectivity index (χ1n) is 10.4. The largest absolute Gasteiger partial charge is 0.497 e. The van der Waals surface area contributed by atoms with Crippen LogP contribution in [0.15, 0.2) is 54.7 Å². The SMILES string of the molecule is COc1ccc2c(cnn2CCC(=O)Nc2c(C)nn(CCc3ccccc3)c2C)c1. The van der Waals surface area contributed by atoms with Crippen molar-refractivity contribution < 1.29 is 9.53 Å². The second-order valence-electron chi connectivity index (χ2n) is 7.60. The summed E-state index contributed by atoms with van der Waals surface area (Å²) in [5.74, 6) is 0.742. The van der Waals surface area contributed by atoms with Crippen molar-refractivity contribution in [3.05, 3.63) is 71.7 Å². The van der Waals surface area contributed by atoms with Gasteiger partial charge in [-0.05, 0) is 44.0 Å². The van der Waals surface area contributed by atoms with Gasteiger partial charge in [0, 0.05) is 18.4 Å². The van der Waals surface area contributed by atoms with Gasteiger partial charge in [0.1, 0.15) is 5.75 Å². The van der Waals surface area contributed by atoms with Crippen LogP contribution in [0.1, 0.15) is 23.4 Å². The van der Waals surface area contributed by atoms with Crippen LogP contribution in [0.25, 0.3) is 10.9 Å². The fourth-order valence-corrected chi connectivity index (χ4v) is 3.75. The number of nitrogens with one attached hydrogen (secondary N) is 1. The summed E-state index contributed by atoms with van der Waals surface area (Å²) in [6.07, 6.45) is 3.02. The van der Waals surface area contributed by atoms with E-state index in [2.05, 4.69) is 27.6 Å². The Labute approximate surface area is 181 Å². The standard InChI is InChI=1S/C24H27N5O2/c1-17-24(18(2)28(27-17)13-11-19-7-5-4-6-8-19)26-23(30)12-14-29-22-10-9-21(31-3)15-20(22)16-25-29/h4-10,15-16H,11-14H2,1-3H3,(H,26,30). The first kappa shape index (κ1) is 20.7. The van der Waals surface area contributed by atoms with Gasteiger partial charge in [-0.2, -0.15) is 10.2 Å². The van der Waals surface area contributed by atoms with Gasteiger partial charge in [0.15, 0.2) is 0 Å². The predicted octanol–water partition coefficient (Wildman–Crippen LogP) is 4.13. The number of benzene rings is 2. The molecule has 0 bridgehead atoms. The second kappa shape index (κ2) is 9.04. The Kier molecular flexibility index (Phi) is 6.02. The van der Waals surface area contributed by atoms with Crippen molar-refractivity contribution in [1.82, 2.24) is 19.6 Å². The van der Waals surface area contributed by atoms with Crippen LogP contribution >= 0.6 is 0 Å². The Morgan fingerprint density at radius 3 is 2.65 bits per heavy atom. The molecule has 4 aromatic rings. The Balaban J connectivity index is 1.38. The summed E-state index contributed by atoms with van der Waals surface area (Å²) in [6.45, 7) is 5.20. The lowest BCUT2D eigenvalue weighted by Gasteiger charge is -2.08. The zero-order valence-corrected chi connectivity index (χ0v) is 18.1. The highest BCUT2D eigenvalue weighted by molar-refractivity contribution is 5.92. The van der Waals surface area contributed by atoms with Crippen molar-refractivity contribution in [3.8, 4) is 5.75 Å². The fraction of sp³-hybridized carbons (Fsp3) is 0.292. The average molecular weight is 418 g/mol. The number of rotatable bonds is 8. The van der Waals surface area contributed by atoms with E-state index in [-0.39, 0.29) is 5.91 Å². The van der Waals surface area contributed by atoms with Crippen LogP contribution in [-0.4, -0.2) is 32.6 Å². The van der Waals surface area contributed by atoms with Crippen LogP contribution in [0.3, 0.4) is 0 Å². The van der Waals surface area contributed by atoms with E-state index in [1.54, 1.807) is 13.3 Å². The highest BCUT2D eigenvalue weighted by Crippen LogP contribution is 2.22. The van der Waals surface area contributed by atoms with Gasteiger partial charge >= 0.3 is 0 Å². The summed E-state index contributed by atoms with van der Waals surface area (Å²) in [4.78, 5) is 12.6. The van der Waals surface area contributed by atoms with E-state index >= 15 is 0 Å². The lowest BCUT2D eigenvalue weighted by molar-refractivity contribution is -0.116. The van der Waals surface area contributed by atoms with Crippen molar-refractivity contribution in [2.45, 2.75) is 39.8 Å². The Hall–Kier alpha value is -3.61. The molecule has 0 aliphatic rings. The van der Waals surface area contributed by atoms with Crippen LogP contribution in [0.4, 0.5) is 5.69 Å². The minimum absolute atomic E-state index is 0.0500. The quantitative estimate of drug-likeness (QED) is 0.468. The predicted molar refractivity (Wildman–Crippen MR) is 121 cm³/mol. The van der Waals surface area contributed by atoms with E-state index in [9.17, 15) is 4.79 Å². The lowest BCUT2D eigenvalue weighted by Crippen LogP contribution is -2.16. The maximum Gasteiger partial charge on any atom is 0.226 e. The number of methoxy groups -OCH3 is 1. The van der Waals surface area contributed by atoms with Gasteiger partial charge in [-0.3, -0.25) is 14.2 Å². The molecule has 2 heterocycles. The summed E-state index contributed by atoms with van der Waals surface area (Å²) in [5, 5.41) is 13.1. The number of fused-ring (bicyclic) bond motifs is 1. The molecule has 1 amide bonds. The van der Waals surface area contributed by atoms with E-state index in [0.29, 0.717) is 13.0 Å². The summed E-state index contributed by atoms with van der Waals surface area (Å²) in [6, 6.07) is 16.1. The molecule has 0 fully saturated rings. The van der Waals surface area contributed by atoms with Gasteiger partial charge in [0.05, 0.1) is 42.4 Å². The van der Waals surface area contributed by atoms with Gasteiger partial charge in [0.25, 0.3) is 0 Å². The van der Waals surface area contributed by atoms with Crippen LogP contribution in [-0.2, 0) is 24.3 Å². The molecule has 0 saturated heterocycles. The molecule has 0 saturated carbocycles. The highest BCUT2D eigenvalue weighted by atomic mass is 16.5. The smallest absolute Gasteiger partial charge is 0.226 e. The van der Waals surface area contributed by atoms with Crippen molar-refractivity contribution in [3.63, 3.8) is 0 Å². The zero-order valence-electron chi connectivity index (χ0n) is 18.1. The molecule has 0 spiro atoms. The van der Waals surface area contributed by atoms with Gasteiger partial charge in [-0.1, -0.05) is 30.3 Å². The number of hydrogen-bond acceptors (Lipinski definition) is 4. The molecule has 7 nitrogen and oxygen atoms in total. The molecule has 0 radical (unpaired) electrons. The first-order chi connectivity index (χ1) is 15.0. The topological polar surface area (TPSA) is 74.0 Å². The number of hydrogen-bond donors (Lipinski definition) is 1. The number of aryl methyl sites for hydroxylation is 4. The van der Waals surface area contributed by atoms with Gasteiger partial charge in [-0.25, -0.2) is 0 Å². The van der Waals surface area contributed by atoms with Gasteiger partial charge in [0.2, 0.25) is 5.91 Å². The minimum Gasteiger partial charge on any atom is -0.497 e.